The molecule has 6 rings (SSSR count). The van der Waals surface area contributed by atoms with Gasteiger partial charge >= 0.3 is 0 Å². The Balaban J connectivity index is 1.51. The molecule has 0 nitrogen and oxygen atoms in total. The predicted octanol–water partition coefficient (Wildman–Crippen LogP) is 8.09. The highest BCUT2D eigenvalue weighted by molar-refractivity contribution is 8.09. The van der Waals surface area contributed by atoms with Crippen molar-refractivity contribution in [2.75, 3.05) is 0 Å². The zero-order chi connectivity index (χ0) is 18.0. The molecular weight excluding hydrogens is 384 g/mol. The van der Waals surface area contributed by atoms with Crippen LogP contribution in [0.4, 0.5) is 0 Å². The molecule has 1 atom stereocenters. The van der Waals surface area contributed by atoms with Crippen molar-refractivity contribution in [2.24, 2.45) is 0 Å². The van der Waals surface area contributed by atoms with Crippen LogP contribution in [-0.2, 0) is 0 Å². The summed E-state index contributed by atoms with van der Waals surface area (Å²) in [4.78, 5) is 1.37. The van der Waals surface area contributed by atoms with Gasteiger partial charge in [0.1, 0.15) is 0 Å². The lowest BCUT2D eigenvalue weighted by molar-refractivity contribution is 1.40. The lowest BCUT2D eigenvalue weighted by atomic mass is 10.1. The van der Waals surface area contributed by atoms with E-state index in [0.29, 0.717) is 5.25 Å². The summed E-state index contributed by atoms with van der Waals surface area (Å²) < 4.78 is 5.68. The highest BCUT2D eigenvalue weighted by Gasteiger charge is 2.17. The maximum absolute atomic E-state index is 2.39. The van der Waals surface area contributed by atoms with E-state index in [-0.39, 0.29) is 0 Å². The largest absolute Gasteiger partial charge is 0.134 e. The minimum absolute atomic E-state index is 0.435. The Morgan fingerprint density at radius 1 is 0.852 bits per heavy atom. The van der Waals surface area contributed by atoms with E-state index in [1.165, 1.54) is 51.2 Å². The van der Waals surface area contributed by atoms with Gasteiger partial charge in [0, 0.05) is 30.3 Å². The van der Waals surface area contributed by atoms with Crippen molar-refractivity contribution in [3.8, 4) is 0 Å². The van der Waals surface area contributed by atoms with Crippen LogP contribution in [0.2, 0.25) is 0 Å². The molecule has 1 aliphatic carbocycles. The molecule has 0 fully saturated rings. The topological polar surface area (TPSA) is 0 Å². The van der Waals surface area contributed by atoms with Crippen LogP contribution in [0.3, 0.4) is 0 Å². The number of rotatable bonds is 1. The van der Waals surface area contributed by atoms with Crippen molar-refractivity contribution in [3.05, 3.63) is 89.6 Å². The van der Waals surface area contributed by atoms with E-state index in [0.717, 1.165) is 0 Å². The van der Waals surface area contributed by atoms with Crippen molar-refractivity contribution in [3.63, 3.8) is 0 Å². The van der Waals surface area contributed by atoms with E-state index in [1.807, 2.05) is 34.4 Å². The second-order valence-corrected chi connectivity index (χ2v) is 10.4. The Morgan fingerprint density at radius 3 is 2.48 bits per heavy atom. The molecular formula is C24H16S3. The lowest BCUT2D eigenvalue weighted by Gasteiger charge is -2.17. The number of allylic oxidation sites excluding steroid dienone is 5. The average Bonchev–Trinajstić information content (AvgIpc) is 3.13. The van der Waals surface area contributed by atoms with Gasteiger partial charge in [0.05, 0.1) is 9.40 Å². The number of hydrogen-bond acceptors (Lipinski definition) is 3. The van der Waals surface area contributed by atoms with Crippen molar-refractivity contribution >= 4 is 68.9 Å². The number of thioether (sulfide) groups is 1. The van der Waals surface area contributed by atoms with E-state index < -0.39 is 0 Å². The van der Waals surface area contributed by atoms with E-state index >= 15 is 0 Å². The fourth-order valence-electron chi connectivity index (χ4n) is 3.81. The van der Waals surface area contributed by atoms with Crippen LogP contribution in [0, 0.1) is 6.92 Å². The first-order valence-corrected chi connectivity index (χ1v) is 11.6. The van der Waals surface area contributed by atoms with Gasteiger partial charge in [0.2, 0.25) is 0 Å². The molecule has 27 heavy (non-hydrogen) atoms. The molecule has 2 bridgehead atoms. The number of thiophene rings is 2. The Morgan fingerprint density at radius 2 is 1.63 bits per heavy atom. The second kappa shape index (κ2) is 5.96. The molecule has 4 aromatic rings. The van der Waals surface area contributed by atoms with Gasteiger partial charge in [-0.05, 0) is 41.8 Å². The first kappa shape index (κ1) is 15.9. The zero-order valence-electron chi connectivity index (χ0n) is 14.7. The molecule has 3 heterocycles. The van der Waals surface area contributed by atoms with Crippen LogP contribution < -0.4 is 0 Å². The zero-order valence-corrected chi connectivity index (χ0v) is 17.2. The predicted molar refractivity (Wildman–Crippen MR) is 125 cm³/mol. The van der Waals surface area contributed by atoms with Crippen LogP contribution in [0.25, 0.3) is 34.5 Å². The molecule has 2 aromatic heterocycles. The minimum atomic E-state index is 0.435. The quantitative estimate of drug-likeness (QED) is 0.311. The van der Waals surface area contributed by atoms with Crippen molar-refractivity contribution in [2.45, 2.75) is 12.2 Å². The van der Waals surface area contributed by atoms with Crippen LogP contribution in [0.5, 0.6) is 0 Å². The van der Waals surface area contributed by atoms with E-state index in [4.69, 9.17) is 0 Å². The Hall–Kier alpha value is -2.07. The first-order valence-electron chi connectivity index (χ1n) is 9.05. The third-order valence-electron chi connectivity index (χ3n) is 5.14. The van der Waals surface area contributed by atoms with E-state index in [2.05, 4.69) is 79.8 Å². The molecule has 1 aliphatic heterocycles. The van der Waals surface area contributed by atoms with Gasteiger partial charge in [-0.3, -0.25) is 0 Å². The highest BCUT2D eigenvalue weighted by atomic mass is 32.2. The second-order valence-electron chi connectivity index (χ2n) is 7.07. The Kier molecular flexibility index (Phi) is 3.52. The maximum Gasteiger partial charge on any atom is 0.0542 e. The molecule has 2 aliphatic rings. The van der Waals surface area contributed by atoms with Gasteiger partial charge in [0.15, 0.2) is 0 Å². The Bertz CT molecular complexity index is 1350. The van der Waals surface area contributed by atoms with Crippen LogP contribution in [-0.4, -0.2) is 5.25 Å². The summed E-state index contributed by atoms with van der Waals surface area (Å²) in [5.74, 6) is 0. The third-order valence-corrected chi connectivity index (χ3v) is 8.81. The maximum atomic E-state index is 2.39. The van der Waals surface area contributed by atoms with Gasteiger partial charge in [-0.2, -0.15) is 0 Å². The number of benzene rings is 2. The molecule has 2 aromatic carbocycles. The lowest BCUT2D eigenvalue weighted by Crippen LogP contribution is -1.99. The highest BCUT2D eigenvalue weighted by Crippen LogP contribution is 2.46. The molecule has 0 amide bonds. The molecule has 0 saturated heterocycles. The van der Waals surface area contributed by atoms with Crippen LogP contribution in [0.1, 0.15) is 11.1 Å². The van der Waals surface area contributed by atoms with Crippen molar-refractivity contribution in [1.29, 1.82) is 0 Å². The summed E-state index contributed by atoms with van der Waals surface area (Å²) in [6, 6.07) is 13.8. The molecule has 0 N–H and O–H groups in total. The van der Waals surface area contributed by atoms with Gasteiger partial charge in [-0.1, -0.05) is 54.6 Å². The summed E-state index contributed by atoms with van der Waals surface area (Å²) >= 11 is 5.81. The van der Waals surface area contributed by atoms with Crippen molar-refractivity contribution < 1.29 is 0 Å². The van der Waals surface area contributed by atoms with Gasteiger partial charge in [-0.25, -0.2) is 0 Å². The van der Waals surface area contributed by atoms with Gasteiger partial charge in [-0.15, -0.1) is 34.4 Å². The van der Waals surface area contributed by atoms with E-state index in [1.54, 1.807) is 0 Å². The van der Waals surface area contributed by atoms with Crippen molar-refractivity contribution in [1.82, 2.24) is 0 Å². The number of fused-ring (bicyclic) bond motifs is 6. The summed E-state index contributed by atoms with van der Waals surface area (Å²) in [5.41, 5.74) is 3.98. The Labute approximate surface area is 170 Å². The average molecular weight is 401 g/mol. The molecule has 1 unspecified atom stereocenters. The third kappa shape index (κ3) is 2.57. The fraction of sp³-hybridized carbons (Fsp3) is 0.0833. The smallest absolute Gasteiger partial charge is 0.0542 e. The summed E-state index contributed by atoms with van der Waals surface area (Å²) in [7, 11) is 0. The fourth-order valence-corrected chi connectivity index (χ4v) is 7.76. The van der Waals surface area contributed by atoms with Gasteiger partial charge < -0.3 is 0 Å². The molecule has 130 valence electrons. The summed E-state index contributed by atoms with van der Waals surface area (Å²) in [6.07, 6.45) is 13.4. The molecule has 3 heteroatoms. The summed E-state index contributed by atoms with van der Waals surface area (Å²) in [5, 5.41) is 3.24. The standard InChI is InChI=1S/C24H16S3/c1-14-6-8-18-21(10-14)26-24-19-9-7-16(13-22(19)27-23(18)24)20-12-15-4-2-3-5-17(11-15)25-20/h2-13,17H,1H3. The molecule has 0 radical (unpaired) electrons. The van der Waals surface area contributed by atoms with Gasteiger partial charge in [0.25, 0.3) is 0 Å². The molecule has 0 spiro atoms. The normalized spacial score (nSPS) is 18.9. The summed E-state index contributed by atoms with van der Waals surface area (Å²) in [6.45, 7) is 2.17. The number of hydrogen-bond donors (Lipinski definition) is 0. The first-order chi connectivity index (χ1) is 13.2. The minimum Gasteiger partial charge on any atom is -0.134 e. The number of aryl methyl sites for hydroxylation is 1. The monoisotopic (exact) mass is 400 g/mol. The van der Waals surface area contributed by atoms with Crippen LogP contribution >= 0.6 is 34.4 Å². The molecule has 0 saturated carbocycles. The van der Waals surface area contributed by atoms with Crippen LogP contribution in [0.15, 0.2) is 78.4 Å². The van der Waals surface area contributed by atoms with E-state index in [9.17, 15) is 0 Å². The SMILES string of the molecule is Cc1ccc2c(c1)sc1c3ccc(C4=CC5=CC(C=CC=C5)S4)cc3sc21.